The van der Waals surface area contributed by atoms with Crippen molar-refractivity contribution in [2.75, 3.05) is 11.4 Å². The Bertz CT molecular complexity index is 620. The molecule has 2 aromatic carbocycles. The van der Waals surface area contributed by atoms with Gasteiger partial charge in [0.2, 0.25) is 0 Å². The number of halogens is 2. The minimum atomic E-state index is -0.389. The summed E-state index contributed by atoms with van der Waals surface area (Å²) in [5.74, 6) is 0.293. The number of nitrogens with one attached hydrogen (secondary N) is 1. The van der Waals surface area contributed by atoms with Crippen molar-refractivity contribution in [3.05, 3.63) is 58.6 Å². The summed E-state index contributed by atoms with van der Waals surface area (Å²) < 4.78 is 0. The van der Waals surface area contributed by atoms with Crippen LogP contribution in [-0.4, -0.2) is 12.6 Å². The summed E-state index contributed by atoms with van der Waals surface area (Å²) in [5, 5.41) is 0.835. The standard InChI is InChI=1S/C15H14Cl2N2O2/c1-2-19(12-6-4-3-5-7-12)15(20)18-21-14-10-11(16)8-9-13(14)17/h3-10H,2H2,1H3,(H,18,20). The van der Waals surface area contributed by atoms with Gasteiger partial charge in [0.05, 0.1) is 5.02 Å². The Balaban J connectivity index is 2.05. The van der Waals surface area contributed by atoms with Crippen LogP contribution in [0.2, 0.25) is 10.0 Å². The minimum absolute atomic E-state index is 0.293. The predicted molar refractivity (Wildman–Crippen MR) is 85.1 cm³/mol. The number of amides is 2. The van der Waals surface area contributed by atoms with Crippen LogP contribution in [-0.2, 0) is 0 Å². The maximum absolute atomic E-state index is 12.2. The van der Waals surface area contributed by atoms with Crippen molar-refractivity contribution in [2.45, 2.75) is 6.92 Å². The van der Waals surface area contributed by atoms with Crippen molar-refractivity contribution in [3.8, 4) is 5.75 Å². The van der Waals surface area contributed by atoms with Crippen molar-refractivity contribution >= 4 is 34.9 Å². The molecule has 2 aromatic rings. The summed E-state index contributed by atoms with van der Waals surface area (Å²) >= 11 is 11.8. The van der Waals surface area contributed by atoms with Crippen molar-refractivity contribution < 1.29 is 9.63 Å². The first-order chi connectivity index (χ1) is 10.1. The number of benzene rings is 2. The van der Waals surface area contributed by atoms with Crippen molar-refractivity contribution in [2.24, 2.45) is 0 Å². The molecule has 0 heterocycles. The Morgan fingerprint density at radius 3 is 2.57 bits per heavy atom. The second-order valence-corrected chi connectivity index (χ2v) is 5.01. The molecule has 0 saturated carbocycles. The molecule has 2 rings (SSSR count). The van der Waals surface area contributed by atoms with Crippen LogP contribution in [0.4, 0.5) is 10.5 Å². The fraction of sp³-hybridized carbons (Fsp3) is 0.133. The van der Waals surface area contributed by atoms with Crippen LogP contribution < -0.4 is 15.2 Å². The van der Waals surface area contributed by atoms with E-state index in [0.717, 1.165) is 5.69 Å². The first-order valence-electron chi connectivity index (χ1n) is 6.36. The smallest absolute Gasteiger partial charge is 0.354 e. The molecule has 6 heteroatoms. The Hall–Kier alpha value is -1.91. The van der Waals surface area contributed by atoms with E-state index in [1.807, 2.05) is 37.3 Å². The largest absolute Gasteiger partial charge is 0.376 e. The fourth-order valence-corrected chi connectivity index (χ4v) is 2.08. The molecule has 0 aliphatic heterocycles. The molecule has 0 spiro atoms. The van der Waals surface area contributed by atoms with Gasteiger partial charge in [0.15, 0.2) is 5.75 Å². The third kappa shape index (κ3) is 4.03. The lowest BCUT2D eigenvalue weighted by molar-refractivity contribution is 0.183. The van der Waals surface area contributed by atoms with Gasteiger partial charge in [-0.15, -0.1) is 0 Å². The van der Waals surface area contributed by atoms with E-state index in [1.165, 1.54) is 6.07 Å². The van der Waals surface area contributed by atoms with E-state index in [-0.39, 0.29) is 6.03 Å². The molecule has 0 saturated heterocycles. The van der Waals surface area contributed by atoms with Gasteiger partial charge in [-0.05, 0) is 31.2 Å². The molecule has 0 atom stereocenters. The van der Waals surface area contributed by atoms with E-state index >= 15 is 0 Å². The monoisotopic (exact) mass is 324 g/mol. The molecule has 4 nitrogen and oxygen atoms in total. The minimum Gasteiger partial charge on any atom is -0.376 e. The molecule has 2 amide bonds. The second-order valence-electron chi connectivity index (χ2n) is 4.16. The number of para-hydroxylation sites is 1. The molecule has 1 N–H and O–H groups in total. The highest BCUT2D eigenvalue weighted by Crippen LogP contribution is 2.27. The number of carbonyl (C=O) groups excluding carboxylic acids is 1. The van der Waals surface area contributed by atoms with Gasteiger partial charge in [0.25, 0.3) is 0 Å². The molecule has 0 unspecified atom stereocenters. The zero-order chi connectivity index (χ0) is 15.2. The number of hydrogen-bond donors (Lipinski definition) is 1. The van der Waals surface area contributed by atoms with Gasteiger partial charge in [-0.1, -0.05) is 41.4 Å². The van der Waals surface area contributed by atoms with Gasteiger partial charge in [-0.25, -0.2) is 4.79 Å². The summed E-state index contributed by atoms with van der Waals surface area (Å²) in [6.07, 6.45) is 0. The van der Waals surface area contributed by atoms with Gasteiger partial charge in [-0.3, -0.25) is 4.90 Å². The first kappa shape index (κ1) is 15.5. The molecule has 0 aliphatic carbocycles. The molecule has 0 aliphatic rings. The van der Waals surface area contributed by atoms with E-state index in [9.17, 15) is 4.79 Å². The quantitative estimate of drug-likeness (QED) is 0.840. The molecule has 0 aromatic heterocycles. The molecule has 110 valence electrons. The molecular weight excluding hydrogens is 311 g/mol. The van der Waals surface area contributed by atoms with Crippen molar-refractivity contribution in [1.29, 1.82) is 0 Å². The third-order valence-corrected chi connectivity index (χ3v) is 3.32. The Kier molecular flexibility index (Phi) is 5.31. The van der Waals surface area contributed by atoms with Gasteiger partial charge in [0.1, 0.15) is 0 Å². The molecule has 0 fully saturated rings. The Morgan fingerprint density at radius 1 is 1.19 bits per heavy atom. The van der Waals surface area contributed by atoms with Crippen LogP contribution >= 0.6 is 23.2 Å². The molecule has 0 radical (unpaired) electrons. The Labute approximate surface area is 133 Å². The van der Waals surface area contributed by atoms with E-state index in [2.05, 4.69) is 5.48 Å². The summed E-state index contributed by atoms with van der Waals surface area (Å²) in [6.45, 7) is 2.38. The van der Waals surface area contributed by atoms with E-state index in [0.29, 0.717) is 22.3 Å². The lowest BCUT2D eigenvalue weighted by Gasteiger charge is -2.21. The van der Waals surface area contributed by atoms with Crippen LogP contribution in [0.15, 0.2) is 48.5 Å². The van der Waals surface area contributed by atoms with Crippen LogP contribution in [0, 0.1) is 0 Å². The number of urea groups is 1. The second kappa shape index (κ2) is 7.20. The first-order valence-corrected chi connectivity index (χ1v) is 7.12. The third-order valence-electron chi connectivity index (χ3n) is 2.77. The maximum atomic E-state index is 12.2. The zero-order valence-electron chi connectivity index (χ0n) is 11.3. The van der Waals surface area contributed by atoms with E-state index < -0.39 is 0 Å². The summed E-state index contributed by atoms with van der Waals surface area (Å²) in [5.41, 5.74) is 3.14. The van der Waals surface area contributed by atoms with Gasteiger partial charge in [0, 0.05) is 23.3 Å². The SMILES string of the molecule is CCN(C(=O)NOc1cc(Cl)ccc1Cl)c1ccccc1. The topological polar surface area (TPSA) is 41.6 Å². The normalized spacial score (nSPS) is 10.0. The van der Waals surface area contributed by atoms with Crippen LogP contribution in [0.25, 0.3) is 0 Å². The highest BCUT2D eigenvalue weighted by atomic mass is 35.5. The molecular formula is C15H14Cl2N2O2. The predicted octanol–water partition coefficient (Wildman–Crippen LogP) is 4.52. The number of rotatable bonds is 4. The van der Waals surface area contributed by atoms with Gasteiger partial charge < -0.3 is 4.84 Å². The molecule has 0 bridgehead atoms. The number of nitrogens with zero attached hydrogens (tertiary/aromatic N) is 1. The number of hydroxylamine groups is 1. The van der Waals surface area contributed by atoms with Crippen LogP contribution in [0.3, 0.4) is 0 Å². The van der Waals surface area contributed by atoms with E-state index in [1.54, 1.807) is 17.0 Å². The summed E-state index contributed by atoms with van der Waals surface area (Å²) in [6, 6.07) is 13.7. The van der Waals surface area contributed by atoms with Crippen LogP contribution in [0.1, 0.15) is 6.92 Å². The maximum Gasteiger partial charge on any atom is 0.354 e. The van der Waals surface area contributed by atoms with E-state index in [4.69, 9.17) is 28.0 Å². The van der Waals surface area contributed by atoms with Gasteiger partial charge in [-0.2, -0.15) is 5.48 Å². The highest BCUT2D eigenvalue weighted by Gasteiger charge is 2.14. The molecule has 21 heavy (non-hydrogen) atoms. The summed E-state index contributed by atoms with van der Waals surface area (Å²) in [7, 11) is 0. The zero-order valence-corrected chi connectivity index (χ0v) is 12.9. The number of anilines is 1. The lowest BCUT2D eigenvalue weighted by atomic mass is 10.3. The number of hydrogen-bond acceptors (Lipinski definition) is 2. The summed E-state index contributed by atoms with van der Waals surface area (Å²) in [4.78, 5) is 18.9. The van der Waals surface area contributed by atoms with Crippen LogP contribution in [0.5, 0.6) is 5.75 Å². The van der Waals surface area contributed by atoms with Crippen molar-refractivity contribution in [1.82, 2.24) is 5.48 Å². The average Bonchev–Trinajstić information content (AvgIpc) is 2.50. The lowest BCUT2D eigenvalue weighted by Crippen LogP contribution is -2.41. The Morgan fingerprint density at radius 2 is 1.90 bits per heavy atom. The fourth-order valence-electron chi connectivity index (χ4n) is 1.76. The van der Waals surface area contributed by atoms with Gasteiger partial charge >= 0.3 is 6.03 Å². The van der Waals surface area contributed by atoms with Crippen molar-refractivity contribution in [3.63, 3.8) is 0 Å². The average molecular weight is 325 g/mol. The highest BCUT2D eigenvalue weighted by molar-refractivity contribution is 6.34. The number of carbonyl (C=O) groups is 1.